The molecule has 2 rings (SSSR count). The van der Waals surface area contributed by atoms with Crippen LogP contribution in [-0.2, 0) is 25.7 Å². The van der Waals surface area contributed by atoms with E-state index in [-0.39, 0.29) is 37.9 Å². The van der Waals surface area contributed by atoms with Gasteiger partial charge in [-0.3, -0.25) is 19.3 Å². The fourth-order valence-electron chi connectivity index (χ4n) is 2.13. The van der Waals surface area contributed by atoms with E-state index in [1.54, 1.807) is 0 Å². The molecule has 128 valence electrons. The fourth-order valence-corrected chi connectivity index (χ4v) is 2.13. The van der Waals surface area contributed by atoms with Crippen LogP contribution >= 0.6 is 0 Å². The lowest BCUT2D eigenvalue weighted by Crippen LogP contribution is -2.32. The summed E-state index contributed by atoms with van der Waals surface area (Å²) >= 11 is 0. The first kappa shape index (κ1) is 17.5. The molecule has 0 saturated carbocycles. The molecule has 8 nitrogen and oxygen atoms in total. The molecular formula is C16H19N3O5. The highest BCUT2D eigenvalue weighted by atomic mass is 16.5. The average molecular weight is 333 g/mol. The molecule has 0 radical (unpaired) electrons. The Labute approximate surface area is 139 Å². The Balaban J connectivity index is 1.58. The second-order valence-corrected chi connectivity index (χ2v) is 5.23. The quantitative estimate of drug-likeness (QED) is 0.521. The van der Waals surface area contributed by atoms with E-state index in [9.17, 15) is 19.2 Å². The fraction of sp³-hybridized carbons (Fsp3) is 0.375. The highest BCUT2D eigenvalue weighted by Crippen LogP contribution is 2.03. The molecular weight excluding hydrogens is 314 g/mol. The molecule has 1 aromatic carbocycles. The van der Waals surface area contributed by atoms with Gasteiger partial charge in [0.15, 0.2) is 6.61 Å². The summed E-state index contributed by atoms with van der Waals surface area (Å²) in [7, 11) is 0. The first-order valence-electron chi connectivity index (χ1n) is 7.60. The van der Waals surface area contributed by atoms with Gasteiger partial charge in [-0.25, -0.2) is 4.79 Å². The zero-order chi connectivity index (χ0) is 17.4. The van der Waals surface area contributed by atoms with Gasteiger partial charge in [0.2, 0.25) is 5.91 Å². The van der Waals surface area contributed by atoms with Crippen LogP contribution in [0.15, 0.2) is 30.3 Å². The summed E-state index contributed by atoms with van der Waals surface area (Å²) in [4.78, 5) is 46.8. The number of benzene rings is 1. The Morgan fingerprint density at radius 2 is 1.96 bits per heavy atom. The number of nitrogens with zero attached hydrogens (tertiary/aromatic N) is 1. The van der Waals surface area contributed by atoms with Crippen molar-refractivity contribution in [3.63, 3.8) is 0 Å². The summed E-state index contributed by atoms with van der Waals surface area (Å²) < 4.78 is 4.86. The van der Waals surface area contributed by atoms with Gasteiger partial charge in [-0.15, -0.1) is 0 Å². The summed E-state index contributed by atoms with van der Waals surface area (Å²) in [5, 5.41) is 5.04. The molecule has 1 aromatic rings. The summed E-state index contributed by atoms with van der Waals surface area (Å²) in [6.07, 6.45) is 0.326. The zero-order valence-corrected chi connectivity index (χ0v) is 13.1. The largest absolute Gasteiger partial charge is 0.456 e. The van der Waals surface area contributed by atoms with Gasteiger partial charge in [-0.1, -0.05) is 30.3 Å². The summed E-state index contributed by atoms with van der Waals surface area (Å²) in [6.45, 7) is 0.156. The maximum absolute atomic E-state index is 11.6. The number of carbonyl (C=O) groups is 4. The van der Waals surface area contributed by atoms with Gasteiger partial charge in [0, 0.05) is 19.5 Å². The predicted molar refractivity (Wildman–Crippen MR) is 83.6 cm³/mol. The third-order valence-corrected chi connectivity index (χ3v) is 3.40. The molecule has 8 heteroatoms. The minimum Gasteiger partial charge on any atom is -0.456 e. The van der Waals surface area contributed by atoms with E-state index in [0.717, 1.165) is 10.5 Å². The number of amides is 4. The van der Waals surface area contributed by atoms with E-state index in [0.29, 0.717) is 13.0 Å². The number of nitrogens with one attached hydrogen (secondary N) is 2. The van der Waals surface area contributed by atoms with Gasteiger partial charge in [0.05, 0.1) is 6.54 Å². The molecule has 4 amide bonds. The number of esters is 1. The average Bonchev–Trinajstić information content (AvgIpc) is 2.91. The van der Waals surface area contributed by atoms with E-state index >= 15 is 0 Å². The minimum absolute atomic E-state index is 0.00906. The Kier molecular flexibility index (Phi) is 6.30. The molecule has 0 aromatic heterocycles. The van der Waals surface area contributed by atoms with Crippen LogP contribution < -0.4 is 10.6 Å². The topological polar surface area (TPSA) is 105 Å². The van der Waals surface area contributed by atoms with Gasteiger partial charge in [-0.05, 0) is 12.0 Å². The van der Waals surface area contributed by atoms with Crippen LogP contribution in [0.2, 0.25) is 0 Å². The van der Waals surface area contributed by atoms with Crippen LogP contribution in [-0.4, -0.2) is 48.4 Å². The third-order valence-electron chi connectivity index (χ3n) is 3.40. The van der Waals surface area contributed by atoms with Crippen molar-refractivity contribution in [3.05, 3.63) is 35.9 Å². The van der Waals surface area contributed by atoms with Crippen molar-refractivity contribution in [1.82, 2.24) is 15.5 Å². The number of ether oxygens (including phenoxy) is 1. The molecule has 0 aliphatic carbocycles. The summed E-state index contributed by atoms with van der Waals surface area (Å²) in [5.41, 5.74) is 0.950. The highest BCUT2D eigenvalue weighted by molar-refractivity contribution is 6.01. The monoisotopic (exact) mass is 333 g/mol. The number of carbonyl (C=O) groups excluding carboxylic acids is 4. The van der Waals surface area contributed by atoms with Crippen molar-refractivity contribution in [2.75, 3.05) is 19.7 Å². The van der Waals surface area contributed by atoms with Gasteiger partial charge in [0.25, 0.3) is 5.91 Å². The van der Waals surface area contributed by atoms with Crippen LogP contribution in [0.1, 0.15) is 18.4 Å². The van der Waals surface area contributed by atoms with E-state index in [2.05, 4.69) is 10.6 Å². The van der Waals surface area contributed by atoms with Crippen molar-refractivity contribution >= 4 is 23.8 Å². The number of urea groups is 1. The van der Waals surface area contributed by atoms with Crippen molar-refractivity contribution < 1.29 is 23.9 Å². The lowest BCUT2D eigenvalue weighted by molar-refractivity contribution is -0.148. The molecule has 1 heterocycles. The number of rotatable bonds is 8. The number of hydrogen-bond acceptors (Lipinski definition) is 5. The molecule has 2 N–H and O–H groups in total. The van der Waals surface area contributed by atoms with E-state index in [4.69, 9.17) is 4.74 Å². The summed E-state index contributed by atoms with van der Waals surface area (Å²) in [6, 6.07) is 8.92. The first-order chi connectivity index (χ1) is 11.6. The van der Waals surface area contributed by atoms with Gasteiger partial charge < -0.3 is 15.4 Å². The number of imide groups is 1. The lowest BCUT2D eigenvalue weighted by Gasteiger charge is -2.11. The van der Waals surface area contributed by atoms with E-state index < -0.39 is 12.0 Å². The van der Waals surface area contributed by atoms with E-state index in [1.165, 1.54) is 0 Å². The second kappa shape index (κ2) is 8.66. The molecule has 1 saturated heterocycles. The van der Waals surface area contributed by atoms with Crippen molar-refractivity contribution in [2.45, 2.75) is 19.4 Å². The third kappa shape index (κ3) is 5.38. The smallest absolute Gasteiger partial charge is 0.324 e. The molecule has 1 fully saturated rings. The van der Waals surface area contributed by atoms with Crippen molar-refractivity contribution in [3.8, 4) is 0 Å². The zero-order valence-electron chi connectivity index (χ0n) is 13.1. The normalized spacial score (nSPS) is 13.6. The van der Waals surface area contributed by atoms with Gasteiger partial charge >= 0.3 is 12.0 Å². The van der Waals surface area contributed by atoms with E-state index in [1.807, 2.05) is 30.3 Å². The van der Waals surface area contributed by atoms with Crippen LogP contribution in [0.4, 0.5) is 4.79 Å². The second-order valence-electron chi connectivity index (χ2n) is 5.23. The molecule has 1 aliphatic rings. The van der Waals surface area contributed by atoms with Crippen LogP contribution in [0.3, 0.4) is 0 Å². The molecule has 24 heavy (non-hydrogen) atoms. The Morgan fingerprint density at radius 1 is 1.21 bits per heavy atom. The molecule has 0 unspecified atom stereocenters. The SMILES string of the molecule is O=C(COC(=O)CCCN1C(=O)CNC1=O)NCc1ccccc1. The Morgan fingerprint density at radius 3 is 2.62 bits per heavy atom. The molecule has 0 spiro atoms. The first-order valence-corrected chi connectivity index (χ1v) is 7.60. The van der Waals surface area contributed by atoms with Crippen molar-refractivity contribution in [2.24, 2.45) is 0 Å². The maximum atomic E-state index is 11.6. The molecule has 1 aliphatic heterocycles. The van der Waals surface area contributed by atoms with Crippen LogP contribution in [0.25, 0.3) is 0 Å². The maximum Gasteiger partial charge on any atom is 0.324 e. The molecule has 0 bridgehead atoms. The standard InChI is InChI=1S/C16H19N3O5/c20-13(17-9-12-5-2-1-3-6-12)11-24-15(22)7-4-8-19-14(21)10-18-16(19)23/h1-3,5-6H,4,7-11H2,(H,17,20)(H,18,23). The van der Waals surface area contributed by atoms with Crippen molar-refractivity contribution in [1.29, 1.82) is 0 Å². The van der Waals surface area contributed by atoms with Crippen LogP contribution in [0.5, 0.6) is 0 Å². The minimum atomic E-state index is -0.545. The van der Waals surface area contributed by atoms with Gasteiger partial charge in [-0.2, -0.15) is 0 Å². The van der Waals surface area contributed by atoms with Gasteiger partial charge in [0.1, 0.15) is 0 Å². The lowest BCUT2D eigenvalue weighted by atomic mass is 10.2. The highest BCUT2D eigenvalue weighted by Gasteiger charge is 2.27. The Hall–Kier alpha value is -2.90. The molecule has 0 atom stereocenters. The summed E-state index contributed by atoms with van der Waals surface area (Å²) in [5.74, 6) is -1.24. The Bertz CT molecular complexity index is 601. The number of hydrogen-bond donors (Lipinski definition) is 2. The van der Waals surface area contributed by atoms with Crippen LogP contribution in [0, 0.1) is 0 Å². The predicted octanol–water partition coefficient (Wildman–Crippen LogP) is 0.178.